The molecule has 5 aliphatic rings. The third-order valence-electron chi connectivity index (χ3n) is 12.5. The molecule has 0 spiro atoms. The van der Waals surface area contributed by atoms with Crippen molar-refractivity contribution in [2.45, 2.75) is 100 Å². The minimum absolute atomic E-state index is 0.491. The van der Waals surface area contributed by atoms with Crippen molar-refractivity contribution in [2.75, 3.05) is 0 Å². The average Bonchev–Trinajstić information content (AvgIpc) is 3.47. The van der Waals surface area contributed by atoms with Crippen molar-refractivity contribution < 1.29 is 4.74 Å². The first-order chi connectivity index (χ1) is 22.7. The van der Waals surface area contributed by atoms with Crippen molar-refractivity contribution in [2.24, 2.45) is 11.8 Å². The minimum atomic E-state index is 0.491. The Morgan fingerprint density at radius 2 is 1.22 bits per heavy atom. The summed E-state index contributed by atoms with van der Waals surface area (Å²) in [5.74, 6) is 2.32. The third kappa shape index (κ3) is 4.93. The lowest BCUT2D eigenvalue weighted by Gasteiger charge is -2.53. The molecule has 8 unspecified atom stereocenters. The fourth-order valence-corrected chi connectivity index (χ4v) is 10.5. The van der Waals surface area contributed by atoms with Gasteiger partial charge >= 0.3 is 0 Å². The zero-order valence-electron chi connectivity index (χ0n) is 26.7. The molecule has 46 heavy (non-hydrogen) atoms. The lowest BCUT2D eigenvalue weighted by molar-refractivity contribution is -0.177. The van der Waals surface area contributed by atoms with Crippen LogP contribution >= 0.6 is 0 Å². The zero-order valence-corrected chi connectivity index (χ0v) is 26.7. The second-order valence-corrected chi connectivity index (χ2v) is 14.8. The van der Waals surface area contributed by atoms with E-state index >= 15 is 0 Å². The number of fused-ring (bicyclic) bond motifs is 5. The van der Waals surface area contributed by atoms with Gasteiger partial charge in [-0.3, -0.25) is 4.90 Å². The first-order valence-electron chi connectivity index (χ1n) is 18.0. The van der Waals surface area contributed by atoms with E-state index in [0.29, 0.717) is 35.8 Å². The van der Waals surface area contributed by atoms with Gasteiger partial charge in [0.2, 0.25) is 0 Å². The lowest BCUT2D eigenvalue weighted by atomic mass is 9.68. The molecule has 3 nitrogen and oxygen atoms in total. The van der Waals surface area contributed by atoms with Crippen LogP contribution in [-0.2, 0) is 4.74 Å². The molecule has 9 rings (SSSR count). The van der Waals surface area contributed by atoms with Gasteiger partial charge in [0, 0.05) is 18.1 Å². The Labute approximate surface area is 274 Å². The molecule has 3 saturated carbocycles. The van der Waals surface area contributed by atoms with Gasteiger partial charge in [-0.05, 0) is 120 Å². The second-order valence-electron chi connectivity index (χ2n) is 14.8. The van der Waals surface area contributed by atoms with Gasteiger partial charge in [-0.1, -0.05) is 98.1 Å². The Bertz CT molecular complexity index is 1750. The Hall–Kier alpha value is -3.71. The van der Waals surface area contributed by atoms with Gasteiger partial charge in [-0.25, -0.2) is 0 Å². The van der Waals surface area contributed by atoms with Crippen molar-refractivity contribution in [3.05, 3.63) is 108 Å². The van der Waals surface area contributed by atoms with Gasteiger partial charge < -0.3 is 4.74 Å². The fraction of sp³-hybridized carbons (Fsp3) is 0.419. The number of morpholine rings is 1. The predicted molar refractivity (Wildman–Crippen MR) is 185 cm³/mol. The molecule has 5 fully saturated rings. The maximum absolute atomic E-state index is 9.12. The van der Waals surface area contributed by atoms with Crippen LogP contribution in [0, 0.1) is 23.2 Å². The normalized spacial score (nSPS) is 31.7. The van der Waals surface area contributed by atoms with Crippen LogP contribution in [0.3, 0.4) is 0 Å². The summed E-state index contributed by atoms with van der Waals surface area (Å²) in [6.07, 6.45) is 14.5. The summed E-state index contributed by atoms with van der Waals surface area (Å²) in [4.78, 5) is 3.08. The summed E-state index contributed by atoms with van der Waals surface area (Å²) >= 11 is 0. The summed E-state index contributed by atoms with van der Waals surface area (Å²) in [6, 6.07) is 39.5. The molecule has 0 N–H and O–H groups in total. The number of rotatable bonds is 4. The predicted octanol–water partition coefficient (Wildman–Crippen LogP) is 10.0. The molecular weight excluding hydrogens is 560 g/mol. The van der Waals surface area contributed by atoms with Gasteiger partial charge in [0.05, 0.1) is 23.8 Å². The maximum Gasteiger partial charge on any atom is 0.0991 e. The van der Waals surface area contributed by atoms with E-state index in [1.807, 2.05) is 24.3 Å². The highest BCUT2D eigenvalue weighted by Gasteiger charge is 2.59. The third-order valence-corrected chi connectivity index (χ3v) is 12.5. The molecule has 0 bridgehead atoms. The topological polar surface area (TPSA) is 36.3 Å². The number of hydrogen-bond donors (Lipinski definition) is 0. The van der Waals surface area contributed by atoms with Crippen molar-refractivity contribution in [1.29, 1.82) is 5.26 Å². The minimum Gasteiger partial charge on any atom is -0.372 e. The Morgan fingerprint density at radius 3 is 2.00 bits per heavy atom. The van der Waals surface area contributed by atoms with Crippen LogP contribution in [0.4, 0.5) is 0 Å². The molecule has 3 heteroatoms. The van der Waals surface area contributed by atoms with Crippen molar-refractivity contribution >= 4 is 0 Å². The average molecular weight is 605 g/mol. The van der Waals surface area contributed by atoms with Gasteiger partial charge in [-0.15, -0.1) is 0 Å². The SMILES string of the molecule is N#Cc1ccc(-c2ccc(-c3cccc(-c4cccc(C5CCC6C(C5)C5CCCC7OC8CCCCC8N6C75)c4)c3)cc2)cc1. The summed E-state index contributed by atoms with van der Waals surface area (Å²) in [5.41, 5.74) is 9.62. The van der Waals surface area contributed by atoms with Crippen LogP contribution in [-0.4, -0.2) is 35.2 Å². The molecule has 0 amide bonds. The maximum atomic E-state index is 9.12. The number of benzene rings is 4. The molecule has 8 atom stereocenters. The van der Waals surface area contributed by atoms with Gasteiger partial charge in [0.25, 0.3) is 0 Å². The molecule has 4 aromatic rings. The molecule has 4 aromatic carbocycles. The molecule has 0 aromatic heterocycles. The van der Waals surface area contributed by atoms with Crippen molar-refractivity contribution in [3.8, 4) is 39.4 Å². The highest BCUT2D eigenvalue weighted by atomic mass is 16.5. The van der Waals surface area contributed by atoms with Crippen LogP contribution in [0.5, 0.6) is 0 Å². The Kier molecular flexibility index (Phi) is 7.33. The van der Waals surface area contributed by atoms with E-state index in [2.05, 4.69) is 83.8 Å². The zero-order chi connectivity index (χ0) is 30.6. The van der Waals surface area contributed by atoms with E-state index in [1.165, 1.54) is 97.6 Å². The number of nitriles is 1. The van der Waals surface area contributed by atoms with E-state index in [9.17, 15) is 0 Å². The molecular formula is C43H44N2O. The van der Waals surface area contributed by atoms with Gasteiger partial charge in [-0.2, -0.15) is 5.26 Å². The fourth-order valence-electron chi connectivity index (χ4n) is 10.5. The smallest absolute Gasteiger partial charge is 0.0991 e. The van der Waals surface area contributed by atoms with Crippen LogP contribution in [0.15, 0.2) is 97.1 Å². The van der Waals surface area contributed by atoms with E-state index in [0.717, 1.165) is 23.4 Å². The quantitative estimate of drug-likeness (QED) is 0.233. The summed E-state index contributed by atoms with van der Waals surface area (Å²) in [7, 11) is 0. The van der Waals surface area contributed by atoms with E-state index in [4.69, 9.17) is 10.00 Å². The molecule has 2 saturated heterocycles. The molecule has 0 radical (unpaired) electrons. The van der Waals surface area contributed by atoms with Crippen molar-refractivity contribution in [1.82, 2.24) is 4.90 Å². The van der Waals surface area contributed by atoms with E-state index in [1.54, 1.807) is 0 Å². The highest BCUT2D eigenvalue weighted by Crippen LogP contribution is 2.56. The van der Waals surface area contributed by atoms with Gasteiger partial charge in [0.15, 0.2) is 0 Å². The van der Waals surface area contributed by atoms with Crippen LogP contribution in [0.2, 0.25) is 0 Å². The molecule has 232 valence electrons. The monoisotopic (exact) mass is 604 g/mol. The van der Waals surface area contributed by atoms with Gasteiger partial charge in [0.1, 0.15) is 0 Å². The Balaban J connectivity index is 0.944. The first kappa shape index (κ1) is 28.5. The second kappa shape index (κ2) is 11.8. The number of ether oxygens (including phenoxy) is 1. The summed E-state index contributed by atoms with van der Waals surface area (Å²) < 4.78 is 6.88. The Morgan fingerprint density at radius 1 is 0.565 bits per heavy atom. The summed E-state index contributed by atoms with van der Waals surface area (Å²) in [5, 5.41) is 9.12. The van der Waals surface area contributed by atoms with E-state index < -0.39 is 0 Å². The molecule has 2 heterocycles. The standard InChI is InChI=1S/C43H44N2O/c44-27-28-14-16-29(17-15-28)30-18-20-31(21-19-30)32-6-3-7-33(24-32)34-8-4-9-35(25-34)36-22-23-39-38(26-36)37-10-5-13-42-43(37)45(39)40-11-1-2-12-41(40)46-42/h3-4,6-9,14-21,24-25,36-43H,1-2,5,10-13,22-23,26H2. The number of nitrogens with zero attached hydrogens (tertiary/aromatic N) is 2. The van der Waals surface area contributed by atoms with Crippen LogP contribution < -0.4 is 0 Å². The highest BCUT2D eigenvalue weighted by molar-refractivity contribution is 5.75. The number of hydrogen-bond acceptors (Lipinski definition) is 3. The largest absolute Gasteiger partial charge is 0.372 e. The van der Waals surface area contributed by atoms with Crippen LogP contribution in [0.1, 0.15) is 81.3 Å². The first-order valence-corrected chi connectivity index (χ1v) is 18.0. The lowest BCUT2D eigenvalue weighted by Crippen LogP contribution is -2.63. The van der Waals surface area contributed by atoms with Crippen molar-refractivity contribution in [3.63, 3.8) is 0 Å². The molecule has 3 aliphatic carbocycles. The summed E-state index contributed by atoms with van der Waals surface area (Å²) in [6.45, 7) is 0. The molecule has 2 aliphatic heterocycles. The van der Waals surface area contributed by atoms with Crippen LogP contribution in [0.25, 0.3) is 33.4 Å². The van der Waals surface area contributed by atoms with E-state index in [-0.39, 0.29) is 0 Å².